The zero-order valence-electron chi connectivity index (χ0n) is 8.18. The van der Waals surface area contributed by atoms with Gasteiger partial charge in [0.25, 0.3) is 0 Å². The van der Waals surface area contributed by atoms with Crippen LogP contribution in [0.15, 0.2) is 0 Å². The van der Waals surface area contributed by atoms with Crippen LogP contribution in [-0.4, -0.2) is 24.0 Å². The van der Waals surface area contributed by atoms with Gasteiger partial charge >= 0.3 is 0 Å². The first kappa shape index (κ1) is 10.1. The van der Waals surface area contributed by atoms with E-state index < -0.39 is 5.54 Å². The number of rotatable bonds is 2. The Labute approximate surface area is 79.3 Å². The summed E-state index contributed by atoms with van der Waals surface area (Å²) < 4.78 is 0. The van der Waals surface area contributed by atoms with Crippen LogP contribution in [0.3, 0.4) is 0 Å². The largest absolute Gasteiger partial charge is 0.339 e. The lowest BCUT2D eigenvalue weighted by Gasteiger charge is -2.22. The van der Waals surface area contributed by atoms with Crippen molar-refractivity contribution < 1.29 is 4.79 Å². The van der Waals surface area contributed by atoms with Crippen LogP contribution < -0.4 is 10.6 Å². The van der Waals surface area contributed by atoms with Gasteiger partial charge < -0.3 is 10.6 Å². The van der Waals surface area contributed by atoms with Gasteiger partial charge in [-0.05, 0) is 33.2 Å². The van der Waals surface area contributed by atoms with Gasteiger partial charge in [-0.15, -0.1) is 6.42 Å². The summed E-state index contributed by atoms with van der Waals surface area (Å²) in [6, 6.07) is -0.0485. The van der Waals surface area contributed by atoms with E-state index in [0.29, 0.717) is 0 Å². The number of nitrogens with one attached hydrogen (secondary N) is 2. The predicted molar refractivity (Wildman–Crippen MR) is 52.1 cm³/mol. The summed E-state index contributed by atoms with van der Waals surface area (Å²) in [5.74, 6) is 2.55. The first-order valence-corrected chi connectivity index (χ1v) is 4.58. The Morgan fingerprint density at radius 2 is 2.38 bits per heavy atom. The second-order valence-corrected chi connectivity index (χ2v) is 3.91. The first-order valence-electron chi connectivity index (χ1n) is 4.58. The maximum Gasteiger partial charge on any atom is 0.238 e. The molecule has 1 atom stereocenters. The summed E-state index contributed by atoms with van der Waals surface area (Å²) >= 11 is 0. The Kier molecular flexibility index (Phi) is 2.94. The molecule has 1 aliphatic heterocycles. The molecule has 0 aromatic carbocycles. The Morgan fingerprint density at radius 3 is 2.85 bits per heavy atom. The molecule has 1 saturated heterocycles. The molecule has 0 radical (unpaired) electrons. The fourth-order valence-corrected chi connectivity index (χ4v) is 1.34. The molecule has 2 N–H and O–H groups in total. The summed E-state index contributed by atoms with van der Waals surface area (Å²) in [5.41, 5.74) is -0.540. The molecule has 72 valence electrons. The number of hydrogen-bond donors (Lipinski definition) is 2. The molecule has 3 nitrogen and oxygen atoms in total. The molecule has 0 aliphatic carbocycles. The Hall–Kier alpha value is -1.01. The number of hydrogen-bond acceptors (Lipinski definition) is 2. The van der Waals surface area contributed by atoms with E-state index in [1.807, 2.05) is 13.8 Å². The van der Waals surface area contributed by atoms with Crippen molar-refractivity contribution in [1.29, 1.82) is 0 Å². The quantitative estimate of drug-likeness (QED) is 0.599. The number of amides is 1. The zero-order chi connectivity index (χ0) is 9.90. The van der Waals surface area contributed by atoms with E-state index in [1.165, 1.54) is 0 Å². The van der Waals surface area contributed by atoms with Crippen molar-refractivity contribution in [2.75, 3.05) is 6.54 Å². The van der Waals surface area contributed by atoms with Crippen LogP contribution in [-0.2, 0) is 4.79 Å². The fraction of sp³-hybridized carbons (Fsp3) is 0.700. The topological polar surface area (TPSA) is 41.1 Å². The molecule has 0 unspecified atom stereocenters. The van der Waals surface area contributed by atoms with Gasteiger partial charge in [-0.25, -0.2) is 0 Å². The van der Waals surface area contributed by atoms with Gasteiger partial charge in [0.1, 0.15) is 0 Å². The van der Waals surface area contributed by atoms with Crippen molar-refractivity contribution in [2.45, 2.75) is 38.3 Å². The monoisotopic (exact) mass is 180 g/mol. The van der Waals surface area contributed by atoms with E-state index >= 15 is 0 Å². The molecule has 13 heavy (non-hydrogen) atoms. The Balaban J connectivity index is 2.45. The van der Waals surface area contributed by atoms with Crippen molar-refractivity contribution in [3.63, 3.8) is 0 Å². The second-order valence-electron chi connectivity index (χ2n) is 3.91. The highest BCUT2D eigenvalue weighted by molar-refractivity contribution is 5.83. The van der Waals surface area contributed by atoms with Crippen LogP contribution in [0.2, 0.25) is 0 Å². The first-order chi connectivity index (χ1) is 6.05. The maximum absolute atomic E-state index is 11.6. The van der Waals surface area contributed by atoms with Crippen molar-refractivity contribution >= 4 is 5.91 Å². The molecule has 0 bridgehead atoms. The van der Waals surface area contributed by atoms with Gasteiger partial charge in [0.2, 0.25) is 5.91 Å². The summed E-state index contributed by atoms with van der Waals surface area (Å²) in [7, 11) is 0. The van der Waals surface area contributed by atoms with E-state index in [1.54, 1.807) is 0 Å². The van der Waals surface area contributed by atoms with Gasteiger partial charge in [-0.2, -0.15) is 0 Å². The molecular weight excluding hydrogens is 164 g/mol. The average molecular weight is 180 g/mol. The molecule has 1 heterocycles. The van der Waals surface area contributed by atoms with E-state index in [0.717, 1.165) is 19.4 Å². The van der Waals surface area contributed by atoms with Crippen LogP contribution in [0.25, 0.3) is 0 Å². The van der Waals surface area contributed by atoms with E-state index in [2.05, 4.69) is 16.6 Å². The van der Waals surface area contributed by atoms with E-state index in [9.17, 15) is 4.79 Å². The third-order valence-corrected chi connectivity index (χ3v) is 2.17. The van der Waals surface area contributed by atoms with Crippen molar-refractivity contribution in [3.05, 3.63) is 0 Å². The third-order valence-electron chi connectivity index (χ3n) is 2.17. The number of carbonyl (C=O) groups excluding carboxylic acids is 1. The molecule has 0 aromatic rings. The van der Waals surface area contributed by atoms with Crippen molar-refractivity contribution in [2.24, 2.45) is 0 Å². The summed E-state index contributed by atoms with van der Waals surface area (Å²) in [4.78, 5) is 11.6. The lowest BCUT2D eigenvalue weighted by atomic mass is 10.1. The van der Waals surface area contributed by atoms with Gasteiger partial charge in [0, 0.05) is 0 Å². The minimum absolute atomic E-state index is 0.0143. The maximum atomic E-state index is 11.6. The van der Waals surface area contributed by atoms with Crippen molar-refractivity contribution in [3.8, 4) is 12.3 Å². The Bertz CT molecular complexity index is 234. The third kappa shape index (κ3) is 2.74. The minimum atomic E-state index is -0.540. The van der Waals surface area contributed by atoms with E-state index in [-0.39, 0.29) is 11.9 Å². The van der Waals surface area contributed by atoms with Gasteiger partial charge in [0.05, 0.1) is 11.6 Å². The van der Waals surface area contributed by atoms with Crippen LogP contribution in [0.4, 0.5) is 0 Å². The molecule has 1 amide bonds. The van der Waals surface area contributed by atoms with Gasteiger partial charge in [-0.3, -0.25) is 4.79 Å². The highest BCUT2D eigenvalue weighted by Gasteiger charge is 2.26. The molecular formula is C10H16N2O. The number of carbonyl (C=O) groups is 1. The second kappa shape index (κ2) is 3.80. The normalized spacial score (nSPS) is 22.4. The van der Waals surface area contributed by atoms with Crippen LogP contribution >= 0.6 is 0 Å². The van der Waals surface area contributed by atoms with Crippen molar-refractivity contribution in [1.82, 2.24) is 10.6 Å². The SMILES string of the molecule is C#CC(C)(C)NC(=O)[C@H]1CCCN1. The molecule has 0 aromatic heterocycles. The van der Waals surface area contributed by atoms with E-state index in [4.69, 9.17) is 6.42 Å². The van der Waals surface area contributed by atoms with Gasteiger partial charge in [0.15, 0.2) is 0 Å². The standard InChI is InChI=1S/C10H16N2O/c1-4-10(2,3)12-9(13)8-6-5-7-11-8/h1,8,11H,5-7H2,2-3H3,(H,12,13)/t8-/m1/s1. The van der Waals surface area contributed by atoms with Crippen LogP contribution in [0, 0.1) is 12.3 Å². The summed E-state index contributed by atoms with van der Waals surface area (Å²) in [5, 5.41) is 5.93. The van der Waals surface area contributed by atoms with Crippen LogP contribution in [0.1, 0.15) is 26.7 Å². The molecule has 0 spiro atoms. The zero-order valence-corrected chi connectivity index (χ0v) is 8.18. The highest BCUT2D eigenvalue weighted by atomic mass is 16.2. The van der Waals surface area contributed by atoms with Gasteiger partial charge in [-0.1, -0.05) is 5.92 Å². The van der Waals surface area contributed by atoms with Crippen LogP contribution in [0.5, 0.6) is 0 Å². The molecule has 1 rings (SSSR count). The lowest BCUT2D eigenvalue weighted by Crippen LogP contribution is -2.49. The fourth-order valence-electron chi connectivity index (χ4n) is 1.34. The number of terminal acetylenes is 1. The molecule has 0 saturated carbocycles. The minimum Gasteiger partial charge on any atom is -0.339 e. The molecule has 1 fully saturated rings. The smallest absolute Gasteiger partial charge is 0.238 e. The Morgan fingerprint density at radius 1 is 1.69 bits per heavy atom. The summed E-state index contributed by atoms with van der Waals surface area (Å²) in [6.45, 7) is 4.56. The lowest BCUT2D eigenvalue weighted by molar-refractivity contribution is -0.123. The molecule has 1 aliphatic rings. The predicted octanol–water partition coefficient (Wildman–Crippen LogP) is 0.266. The highest BCUT2D eigenvalue weighted by Crippen LogP contribution is 2.07. The molecule has 3 heteroatoms. The summed E-state index contributed by atoms with van der Waals surface area (Å²) in [6.07, 6.45) is 7.24. The average Bonchev–Trinajstić information content (AvgIpc) is 2.55.